The van der Waals surface area contributed by atoms with Crippen LogP contribution in [0.3, 0.4) is 0 Å². The number of hydrogen-bond acceptors (Lipinski definition) is 4. The van der Waals surface area contributed by atoms with Gasteiger partial charge in [-0.15, -0.1) is 0 Å². The number of carbonyl (C=O) groups is 1. The molecule has 0 aromatic heterocycles. The number of methoxy groups -OCH3 is 1. The normalized spacial score (nSPS) is 26.9. The van der Waals surface area contributed by atoms with Gasteiger partial charge in [-0.2, -0.15) is 0 Å². The number of hydrogen-bond donors (Lipinski definition) is 1. The summed E-state index contributed by atoms with van der Waals surface area (Å²) in [6, 6.07) is 1.21. The van der Waals surface area contributed by atoms with Crippen LogP contribution < -0.4 is 5.32 Å². The third kappa shape index (κ3) is 2.65. The fraction of sp³-hybridized carbons (Fsp3) is 0.933. The first-order valence-corrected chi connectivity index (χ1v) is 7.72. The highest BCUT2D eigenvalue weighted by Gasteiger charge is 2.54. The van der Waals surface area contributed by atoms with Gasteiger partial charge < -0.3 is 9.64 Å². The molecule has 1 atom stereocenters. The van der Waals surface area contributed by atoms with Gasteiger partial charge in [-0.25, -0.2) is 4.79 Å². The van der Waals surface area contributed by atoms with Crippen molar-refractivity contribution in [3.8, 4) is 0 Å². The minimum atomic E-state index is -0.444. The number of ether oxygens (including phenoxy) is 1. The Bertz CT molecular complexity index is 348. The average Bonchev–Trinajstić information content (AvgIpc) is 3.15. The second-order valence-corrected chi connectivity index (χ2v) is 6.66. The molecule has 0 saturated heterocycles. The number of likely N-dealkylation sites (N-methyl/N-ethyl adjacent to an activating group) is 1. The van der Waals surface area contributed by atoms with Crippen molar-refractivity contribution in [3.63, 3.8) is 0 Å². The highest BCUT2D eigenvalue weighted by molar-refractivity contribution is 5.82. The number of esters is 1. The zero-order chi connectivity index (χ0) is 13.5. The monoisotopic (exact) mass is 266 g/mol. The van der Waals surface area contributed by atoms with E-state index in [2.05, 4.69) is 17.3 Å². The highest BCUT2D eigenvalue weighted by atomic mass is 16.5. The minimum Gasteiger partial charge on any atom is -0.468 e. The first kappa shape index (κ1) is 13.4. The molecule has 0 bridgehead atoms. The van der Waals surface area contributed by atoms with Gasteiger partial charge >= 0.3 is 5.97 Å². The Kier molecular flexibility index (Phi) is 3.56. The molecule has 4 nitrogen and oxygen atoms in total. The summed E-state index contributed by atoms with van der Waals surface area (Å²) in [7, 11) is 3.69. The Labute approximate surface area is 115 Å². The summed E-state index contributed by atoms with van der Waals surface area (Å²) in [5.41, 5.74) is -0.444. The van der Waals surface area contributed by atoms with Crippen LogP contribution in [0.15, 0.2) is 0 Å². The van der Waals surface area contributed by atoms with Gasteiger partial charge in [0.1, 0.15) is 5.54 Å². The van der Waals surface area contributed by atoms with Crippen molar-refractivity contribution in [1.29, 1.82) is 0 Å². The molecule has 0 aliphatic heterocycles. The quantitative estimate of drug-likeness (QED) is 0.710. The fourth-order valence-corrected chi connectivity index (χ4v) is 3.28. The van der Waals surface area contributed by atoms with E-state index in [4.69, 9.17) is 4.74 Å². The summed E-state index contributed by atoms with van der Waals surface area (Å²) >= 11 is 0. The molecule has 0 amide bonds. The second-order valence-electron chi connectivity index (χ2n) is 6.66. The average molecular weight is 266 g/mol. The van der Waals surface area contributed by atoms with Gasteiger partial charge in [-0.3, -0.25) is 5.32 Å². The molecule has 1 N–H and O–H groups in total. The van der Waals surface area contributed by atoms with Crippen LogP contribution in [0.4, 0.5) is 0 Å². The van der Waals surface area contributed by atoms with Gasteiger partial charge in [0.25, 0.3) is 0 Å². The van der Waals surface area contributed by atoms with Crippen molar-refractivity contribution in [1.82, 2.24) is 10.2 Å². The SMILES string of the molecule is COC(=O)C(CN(C)C1CCC1)(NC1CC1)C1CC1. The second kappa shape index (κ2) is 5.06. The van der Waals surface area contributed by atoms with E-state index in [1.54, 1.807) is 0 Å². The number of nitrogens with zero attached hydrogens (tertiary/aromatic N) is 1. The molecule has 0 aromatic rings. The van der Waals surface area contributed by atoms with Crippen molar-refractivity contribution < 1.29 is 9.53 Å². The van der Waals surface area contributed by atoms with Gasteiger partial charge in [0.15, 0.2) is 0 Å². The summed E-state index contributed by atoms with van der Waals surface area (Å²) in [5.74, 6) is 0.427. The first-order valence-electron chi connectivity index (χ1n) is 7.72. The zero-order valence-electron chi connectivity index (χ0n) is 12.2. The molecule has 0 heterocycles. The molecule has 108 valence electrons. The summed E-state index contributed by atoms with van der Waals surface area (Å²) in [6.45, 7) is 0.811. The van der Waals surface area contributed by atoms with Crippen LogP contribution in [0.1, 0.15) is 44.9 Å². The Balaban J connectivity index is 1.74. The van der Waals surface area contributed by atoms with E-state index in [0.29, 0.717) is 18.0 Å². The van der Waals surface area contributed by atoms with E-state index in [9.17, 15) is 4.79 Å². The lowest BCUT2D eigenvalue weighted by atomic mass is 9.87. The van der Waals surface area contributed by atoms with Crippen LogP contribution in [0.2, 0.25) is 0 Å². The lowest BCUT2D eigenvalue weighted by Gasteiger charge is -2.42. The van der Waals surface area contributed by atoms with Crippen LogP contribution >= 0.6 is 0 Å². The maximum absolute atomic E-state index is 12.4. The van der Waals surface area contributed by atoms with Gasteiger partial charge in [0.05, 0.1) is 7.11 Å². The Hall–Kier alpha value is -0.610. The van der Waals surface area contributed by atoms with Crippen LogP contribution in [0.25, 0.3) is 0 Å². The number of carbonyl (C=O) groups excluding carboxylic acids is 1. The topological polar surface area (TPSA) is 41.6 Å². The van der Waals surface area contributed by atoms with Crippen molar-refractivity contribution in [2.24, 2.45) is 5.92 Å². The maximum atomic E-state index is 12.4. The molecule has 0 spiro atoms. The smallest absolute Gasteiger partial charge is 0.327 e. The predicted octanol–water partition coefficient (Wildman–Crippen LogP) is 1.54. The van der Waals surface area contributed by atoms with Crippen molar-refractivity contribution in [2.45, 2.75) is 62.6 Å². The molecule has 3 saturated carbocycles. The Morgan fingerprint density at radius 1 is 1.26 bits per heavy atom. The highest BCUT2D eigenvalue weighted by Crippen LogP contribution is 2.43. The summed E-state index contributed by atoms with van der Waals surface area (Å²) in [5, 5.41) is 3.63. The number of rotatable bonds is 7. The molecule has 3 rings (SSSR count). The molecule has 3 aliphatic rings. The van der Waals surface area contributed by atoms with Gasteiger partial charge in [0, 0.05) is 18.6 Å². The molecule has 1 unspecified atom stereocenters. The van der Waals surface area contributed by atoms with Gasteiger partial charge in [-0.1, -0.05) is 6.42 Å². The number of nitrogens with one attached hydrogen (secondary N) is 1. The van der Waals surface area contributed by atoms with Gasteiger partial charge in [0.2, 0.25) is 0 Å². The molecule has 3 fully saturated rings. The van der Waals surface area contributed by atoms with E-state index in [-0.39, 0.29) is 5.97 Å². The molecule has 19 heavy (non-hydrogen) atoms. The molecule has 0 aromatic carbocycles. The van der Waals surface area contributed by atoms with Crippen LogP contribution in [-0.2, 0) is 9.53 Å². The predicted molar refractivity (Wildman–Crippen MR) is 73.9 cm³/mol. The van der Waals surface area contributed by atoms with Crippen LogP contribution in [0, 0.1) is 5.92 Å². The van der Waals surface area contributed by atoms with Crippen molar-refractivity contribution in [3.05, 3.63) is 0 Å². The third-order valence-electron chi connectivity index (χ3n) is 5.06. The van der Waals surface area contributed by atoms with E-state index in [1.165, 1.54) is 39.2 Å². The van der Waals surface area contributed by atoms with E-state index >= 15 is 0 Å². The van der Waals surface area contributed by atoms with Crippen molar-refractivity contribution in [2.75, 3.05) is 20.7 Å². The first-order chi connectivity index (χ1) is 9.15. The van der Waals surface area contributed by atoms with Crippen LogP contribution in [-0.4, -0.2) is 49.2 Å². The molecule has 0 radical (unpaired) electrons. The summed E-state index contributed by atoms with van der Waals surface area (Å²) < 4.78 is 5.15. The lowest BCUT2D eigenvalue weighted by molar-refractivity contribution is -0.151. The fourth-order valence-electron chi connectivity index (χ4n) is 3.28. The third-order valence-corrected chi connectivity index (χ3v) is 5.06. The van der Waals surface area contributed by atoms with Crippen LogP contribution in [0.5, 0.6) is 0 Å². The Morgan fingerprint density at radius 3 is 2.37 bits per heavy atom. The molecular formula is C15H26N2O2. The van der Waals surface area contributed by atoms with E-state index in [0.717, 1.165) is 19.4 Å². The standard InChI is InChI=1S/C15H26N2O2/c1-17(13-4-3-5-13)10-15(11-6-7-11,14(18)19-2)16-12-8-9-12/h11-13,16H,3-10H2,1-2H3. The molecule has 4 heteroatoms. The molecule has 3 aliphatic carbocycles. The summed E-state index contributed by atoms with van der Waals surface area (Å²) in [4.78, 5) is 14.8. The largest absolute Gasteiger partial charge is 0.468 e. The van der Waals surface area contributed by atoms with E-state index < -0.39 is 5.54 Å². The van der Waals surface area contributed by atoms with Gasteiger partial charge in [-0.05, 0) is 51.5 Å². The lowest BCUT2D eigenvalue weighted by Crippen LogP contribution is -2.62. The zero-order valence-corrected chi connectivity index (χ0v) is 12.2. The minimum absolute atomic E-state index is 0.0481. The van der Waals surface area contributed by atoms with Crippen molar-refractivity contribution >= 4 is 5.97 Å². The van der Waals surface area contributed by atoms with E-state index in [1.807, 2.05) is 0 Å². The Morgan fingerprint density at radius 2 is 1.95 bits per heavy atom. The summed E-state index contributed by atoms with van der Waals surface area (Å²) in [6.07, 6.45) is 8.63. The maximum Gasteiger partial charge on any atom is 0.327 e. The molecular weight excluding hydrogens is 240 g/mol.